The number of nitrogens with zero attached hydrogens (tertiary/aromatic N) is 1. The highest BCUT2D eigenvalue weighted by atomic mass is 32.2. The molecule has 3 rings (SSSR count). The lowest BCUT2D eigenvalue weighted by Crippen LogP contribution is -2.35. The summed E-state index contributed by atoms with van der Waals surface area (Å²) in [6.07, 6.45) is 1.55. The van der Waals surface area contributed by atoms with Gasteiger partial charge < -0.3 is 4.74 Å². The third-order valence-electron chi connectivity index (χ3n) is 4.19. The monoisotopic (exact) mass is 345 g/mol. The van der Waals surface area contributed by atoms with E-state index >= 15 is 0 Å². The summed E-state index contributed by atoms with van der Waals surface area (Å²) in [5.74, 6) is 0.558. The maximum Gasteiger partial charge on any atom is 0.264 e. The summed E-state index contributed by atoms with van der Waals surface area (Å²) in [7, 11) is -2.12. The van der Waals surface area contributed by atoms with Gasteiger partial charge in [-0.3, -0.25) is 9.10 Å². The average Bonchev–Trinajstić information content (AvgIpc) is 2.60. The molecule has 2 aromatic carbocycles. The number of Topliss-reactive ketones (excluding diaryl/α,β-unsaturated/α-hetero) is 1. The molecule has 0 radical (unpaired) electrons. The molecule has 0 unspecified atom stereocenters. The minimum atomic E-state index is -3.71. The van der Waals surface area contributed by atoms with Crippen LogP contribution in [0.4, 0.5) is 5.69 Å². The number of ketones is 1. The fraction of sp³-hybridized carbons (Fsp3) is 0.278. The molecule has 1 aliphatic heterocycles. The number of hydrogen-bond acceptors (Lipinski definition) is 4. The maximum atomic E-state index is 13.1. The van der Waals surface area contributed by atoms with Gasteiger partial charge in [0.15, 0.2) is 5.78 Å². The Bertz CT molecular complexity index is 890. The van der Waals surface area contributed by atoms with Crippen molar-refractivity contribution in [2.24, 2.45) is 0 Å². The molecule has 0 atom stereocenters. The quantitative estimate of drug-likeness (QED) is 0.799. The zero-order valence-electron chi connectivity index (χ0n) is 13.7. The standard InChI is InChI=1S/C18H19NO4S/c1-13(20)14-5-3-7-17(12-14)24(21,22)19-10-4-6-15-11-16(23-2)8-9-18(15)19/h3,5,7-9,11-12H,4,6,10H2,1-2H3. The number of sulfonamides is 1. The highest BCUT2D eigenvalue weighted by Crippen LogP contribution is 2.34. The van der Waals surface area contributed by atoms with Gasteiger partial charge in [0.1, 0.15) is 5.75 Å². The fourth-order valence-electron chi connectivity index (χ4n) is 2.92. The van der Waals surface area contributed by atoms with E-state index < -0.39 is 10.0 Å². The van der Waals surface area contributed by atoms with Crippen molar-refractivity contribution in [3.05, 3.63) is 53.6 Å². The number of ether oxygens (including phenoxy) is 1. The molecule has 5 nitrogen and oxygen atoms in total. The van der Waals surface area contributed by atoms with Crippen molar-refractivity contribution < 1.29 is 17.9 Å². The van der Waals surface area contributed by atoms with Crippen LogP contribution in [0.2, 0.25) is 0 Å². The van der Waals surface area contributed by atoms with Crippen LogP contribution in [0.1, 0.15) is 29.3 Å². The lowest BCUT2D eigenvalue weighted by molar-refractivity contribution is 0.101. The smallest absolute Gasteiger partial charge is 0.264 e. The Labute approximate surface area is 141 Å². The second-order valence-electron chi connectivity index (χ2n) is 5.76. The fourth-order valence-corrected chi connectivity index (χ4v) is 4.51. The Hall–Kier alpha value is -2.34. The summed E-state index contributed by atoms with van der Waals surface area (Å²) in [6, 6.07) is 11.6. The number of hydrogen-bond donors (Lipinski definition) is 0. The van der Waals surface area contributed by atoms with Gasteiger partial charge in [0, 0.05) is 12.1 Å². The van der Waals surface area contributed by atoms with Gasteiger partial charge in [-0.25, -0.2) is 8.42 Å². The molecule has 0 aliphatic carbocycles. The normalized spacial score (nSPS) is 14.2. The van der Waals surface area contributed by atoms with Gasteiger partial charge in [-0.05, 0) is 55.7 Å². The van der Waals surface area contributed by atoms with Crippen molar-refractivity contribution >= 4 is 21.5 Å². The molecule has 126 valence electrons. The van der Waals surface area contributed by atoms with Crippen LogP contribution < -0.4 is 9.04 Å². The minimum absolute atomic E-state index is 0.138. The van der Waals surface area contributed by atoms with E-state index in [0.29, 0.717) is 23.5 Å². The van der Waals surface area contributed by atoms with E-state index in [1.54, 1.807) is 31.4 Å². The molecule has 0 N–H and O–H groups in total. The Morgan fingerprint density at radius 3 is 2.67 bits per heavy atom. The highest BCUT2D eigenvalue weighted by Gasteiger charge is 2.29. The van der Waals surface area contributed by atoms with Crippen molar-refractivity contribution in [2.75, 3.05) is 18.0 Å². The van der Waals surface area contributed by atoms with Crippen molar-refractivity contribution in [2.45, 2.75) is 24.7 Å². The molecule has 1 aliphatic rings. The Balaban J connectivity index is 2.06. The van der Waals surface area contributed by atoms with Crippen LogP contribution in [0.15, 0.2) is 47.4 Å². The molecule has 0 spiro atoms. The molecule has 2 aromatic rings. The highest BCUT2D eigenvalue weighted by molar-refractivity contribution is 7.92. The molecule has 0 fully saturated rings. The number of methoxy groups -OCH3 is 1. The van der Waals surface area contributed by atoms with Crippen molar-refractivity contribution in [3.63, 3.8) is 0 Å². The van der Waals surface area contributed by atoms with Gasteiger partial charge in [-0.2, -0.15) is 0 Å². The van der Waals surface area contributed by atoms with Gasteiger partial charge in [0.05, 0.1) is 17.7 Å². The van der Waals surface area contributed by atoms with Crippen LogP contribution >= 0.6 is 0 Å². The summed E-state index contributed by atoms with van der Waals surface area (Å²) < 4.78 is 32.8. The van der Waals surface area contributed by atoms with Gasteiger partial charge in [-0.15, -0.1) is 0 Å². The largest absolute Gasteiger partial charge is 0.497 e. The summed E-state index contributed by atoms with van der Waals surface area (Å²) >= 11 is 0. The maximum absolute atomic E-state index is 13.1. The second kappa shape index (κ2) is 6.28. The number of carbonyl (C=O) groups is 1. The van der Waals surface area contributed by atoms with E-state index in [9.17, 15) is 13.2 Å². The number of aryl methyl sites for hydroxylation is 1. The molecular weight excluding hydrogens is 326 g/mol. The first kappa shape index (κ1) is 16.5. The lowest BCUT2D eigenvalue weighted by Gasteiger charge is -2.30. The molecule has 0 saturated heterocycles. The molecule has 0 bridgehead atoms. The van der Waals surface area contributed by atoms with E-state index in [4.69, 9.17) is 4.74 Å². The number of carbonyl (C=O) groups excluding carboxylic acids is 1. The molecule has 0 saturated carbocycles. The molecule has 6 heteroatoms. The number of anilines is 1. The third-order valence-corrected chi connectivity index (χ3v) is 6.00. The zero-order chi connectivity index (χ0) is 17.3. The van der Waals surface area contributed by atoms with Crippen LogP contribution in [0, 0.1) is 0 Å². The number of rotatable bonds is 4. The van der Waals surface area contributed by atoms with Gasteiger partial charge in [0.25, 0.3) is 10.0 Å². The first-order chi connectivity index (χ1) is 11.4. The SMILES string of the molecule is COc1ccc2c(c1)CCCN2S(=O)(=O)c1cccc(C(C)=O)c1. The molecule has 1 heterocycles. The molecule has 24 heavy (non-hydrogen) atoms. The number of benzene rings is 2. The van der Waals surface area contributed by atoms with E-state index in [0.717, 1.165) is 18.4 Å². The third kappa shape index (κ3) is 2.89. The van der Waals surface area contributed by atoms with Crippen molar-refractivity contribution in [3.8, 4) is 5.75 Å². The van der Waals surface area contributed by atoms with Crippen molar-refractivity contribution in [1.29, 1.82) is 0 Å². The number of fused-ring (bicyclic) bond motifs is 1. The van der Waals surface area contributed by atoms with Crippen LogP contribution in [-0.2, 0) is 16.4 Å². The first-order valence-corrected chi connectivity index (χ1v) is 9.18. The molecular formula is C18H19NO4S. The zero-order valence-corrected chi connectivity index (χ0v) is 14.5. The van der Waals surface area contributed by atoms with Crippen molar-refractivity contribution in [1.82, 2.24) is 0 Å². The topological polar surface area (TPSA) is 63.7 Å². The molecule has 0 aromatic heterocycles. The Kier molecular flexibility index (Phi) is 4.32. The predicted molar refractivity (Wildman–Crippen MR) is 92.3 cm³/mol. The minimum Gasteiger partial charge on any atom is -0.497 e. The Morgan fingerprint density at radius 2 is 1.96 bits per heavy atom. The van der Waals surface area contributed by atoms with E-state index in [-0.39, 0.29) is 10.7 Å². The second-order valence-corrected chi connectivity index (χ2v) is 7.62. The van der Waals surface area contributed by atoms with Crippen LogP contribution in [0.25, 0.3) is 0 Å². The lowest BCUT2D eigenvalue weighted by atomic mass is 10.0. The first-order valence-electron chi connectivity index (χ1n) is 7.74. The summed E-state index contributed by atoms with van der Waals surface area (Å²) in [6.45, 7) is 1.85. The van der Waals surface area contributed by atoms with E-state index in [2.05, 4.69) is 0 Å². The van der Waals surface area contributed by atoms with Crippen LogP contribution in [0.3, 0.4) is 0 Å². The predicted octanol–water partition coefficient (Wildman–Crippen LogP) is 3.04. The van der Waals surface area contributed by atoms with Gasteiger partial charge in [-0.1, -0.05) is 12.1 Å². The summed E-state index contributed by atoms with van der Waals surface area (Å²) in [5, 5.41) is 0. The average molecular weight is 345 g/mol. The van der Waals surface area contributed by atoms with Crippen LogP contribution in [0.5, 0.6) is 5.75 Å². The van der Waals surface area contributed by atoms with Gasteiger partial charge >= 0.3 is 0 Å². The van der Waals surface area contributed by atoms with E-state index in [1.807, 2.05) is 6.07 Å². The van der Waals surface area contributed by atoms with Crippen LogP contribution in [-0.4, -0.2) is 27.9 Å². The Morgan fingerprint density at radius 1 is 1.17 bits per heavy atom. The van der Waals surface area contributed by atoms with Gasteiger partial charge in [0.2, 0.25) is 0 Å². The molecule has 0 amide bonds. The van der Waals surface area contributed by atoms with E-state index in [1.165, 1.54) is 23.4 Å². The summed E-state index contributed by atoms with van der Waals surface area (Å²) in [4.78, 5) is 11.7. The summed E-state index contributed by atoms with van der Waals surface area (Å²) in [5.41, 5.74) is 2.02.